The van der Waals surface area contributed by atoms with E-state index in [0.29, 0.717) is 57.3 Å². The predicted octanol–water partition coefficient (Wildman–Crippen LogP) is 7.16. The number of nitrogens with zero attached hydrogens (tertiary/aromatic N) is 1. The zero-order chi connectivity index (χ0) is 44.8. The van der Waals surface area contributed by atoms with Gasteiger partial charge in [0.2, 0.25) is 5.91 Å². The van der Waals surface area contributed by atoms with Gasteiger partial charge in [-0.05, 0) is 124 Å². The SMILES string of the molecule is COc1ccc2c(c1)c(CC(=O)OCCNC(=O)CCC(C)(C)C(=O)OCN[C@]13CC[C@@H](C)C=C1C=C[C@H](C)[C@@H]3CC[C@@H]1C[C@@H](O)CC(=O)O1)c(C)n2C(=O)c1ccc(Cl)cc1. The number of aromatic nitrogens is 1. The Morgan fingerprint density at radius 2 is 1.82 bits per heavy atom. The first-order chi connectivity index (χ1) is 29.5. The standard InChI is InChI=1S/C48H60ClN3O10/c1-29-17-20-48(33(23-29)10-7-30(2)40(48)15-13-37-24-35(53)25-44(56)62-37)51-28-61-46(58)47(4,5)19-18-42(54)50-21-22-60-43(55)27-38-31(3)52(41-16-14-36(59-6)26-39(38)41)45(57)32-8-11-34(49)12-9-32/h7-12,14,16,23,26,29-30,35,37,40,51,53H,13,15,17-22,24-25,27-28H2,1-6H3,(H,50,54)/t29-,30+,35-,37-,40+,48-/m1/s1. The van der Waals surface area contributed by atoms with Crippen molar-refractivity contribution in [3.63, 3.8) is 0 Å². The van der Waals surface area contributed by atoms with Gasteiger partial charge >= 0.3 is 17.9 Å². The van der Waals surface area contributed by atoms with Crippen LogP contribution in [0.2, 0.25) is 5.02 Å². The Labute approximate surface area is 368 Å². The van der Waals surface area contributed by atoms with Gasteiger partial charge in [0, 0.05) is 40.0 Å². The molecule has 334 valence electrons. The number of amides is 1. The lowest BCUT2D eigenvalue weighted by Gasteiger charge is -2.50. The number of aliphatic hydroxyl groups excluding tert-OH is 1. The van der Waals surface area contributed by atoms with Crippen molar-refractivity contribution >= 4 is 52.2 Å². The highest BCUT2D eigenvalue weighted by atomic mass is 35.5. The summed E-state index contributed by atoms with van der Waals surface area (Å²) >= 11 is 6.05. The van der Waals surface area contributed by atoms with Crippen LogP contribution in [0, 0.1) is 30.1 Å². The third kappa shape index (κ3) is 10.8. The average molecular weight is 874 g/mol. The van der Waals surface area contributed by atoms with Crippen LogP contribution in [-0.2, 0) is 39.8 Å². The summed E-state index contributed by atoms with van der Waals surface area (Å²) in [6.45, 7) is 9.67. The van der Waals surface area contributed by atoms with Crippen molar-refractivity contribution in [2.75, 3.05) is 27.0 Å². The molecule has 2 aromatic carbocycles. The lowest BCUT2D eigenvalue weighted by atomic mass is 9.61. The van der Waals surface area contributed by atoms with E-state index in [4.69, 9.17) is 30.5 Å². The quantitative estimate of drug-likeness (QED) is 0.0544. The number of aliphatic hydroxyl groups is 1. The summed E-state index contributed by atoms with van der Waals surface area (Å²) < 4.78 is 23.9. The van der Waals surface area contributed by atoms with Gasteiger partial charge in [-0.25, -0.2) is 0 Å². The maximum atomic E-state index is 13.6. The van der Waals surface area contributed by atoms with Crippen molar-refractivity contribution < 1.29 is 48.0 Å². The molecule has 0 unspecified atom stereocenters. The number of nitrogens with one attached hydrogen (secondary N) is 2. The van der Waals surface area contributed by atoms with Crippen molar-refractivity contribution in [2.45, 2.75) is 110 Å². The van der Waals surface area contributed by atoms with Gasteiger partial charge in [-0.15, -0.1) is 0 Å². The van der Waals surface area contributed by atoms with E-state index in [1.807, 2.05) is 0 Å². The Hall–Kier alpha value is -4.98. The number of rotatable bonds is 17. The molecule has 2 aliphatic carbocycles. The Balaban J connectivity index is 0.976. The lowest BCUT2D eigenvalue weighted by Crippen LogP contribution is -2.58. The molecule has 1 saturated heterocycles. The number of allylic oxidation sites excluding steroid dienone is 2. The van der Waals surface area contributed by atoms with Crippen molar-refractivity contribution in [3.8, 4) is 5.75 Å². The van der Waals surface area contributed by atoms with Crippen molar-refractivity contribution in [3.05, 3.63) is 88.1 Å². The zero-order valence-electron chi connectivity index (χ0n) is 36.6. The molecule has 0 spiro atoms. The molecule has 3 N–H and O–H groups in total. The van der Waals surface area contributed by atoms with Crippen LogP contribution in [0.3, 0.4) is 0 Å². The average Bonchev–Trinajstić information content (AvgIpc) is 3.50. The summed E-state index contributed by atoms with van der Waals surface area (Å²) in [4.78, 5) is 65.0. The molecule has 1 amide bonds. The van der Waals surface area contributed by atoms with Gasteiger partial charge in [0.05, 0.1) is 43.5 Å². The summed E-state index contributed by atoms with van der Waals surface area (Å²) in [6.07, 6.45) is 9.53. The number of carbonyl (C=O) groups is 5. The van der Waals surface area contributed by atoms with Crippen LogP contribution in [0.25, 0.3) is 10.9 Å². The highest BCUT2D eigenvalue weighted by Gasteiger charge is 2.47. The van der Waals surface area contributed by atoms with Crippen LogP contribution in [0.15, 0.2) is 66.3 Å². The number of methoxy groups -OCH3 is 1. The Bertz CT molecular complexity index is 2210. The summed E-state index contributed by atoms with van der Waals surface area (Å²) in [5, 5.41) is 17.8. The van der Waals surface area contributed by atoms with Gasteiger partial charge in [-0.2, -0.15) is 0 Å². The van der Waals surface area contributed by atoms with Crippen molar-refractivity contribution in [1.29, 1.82) is 0 Å². The van der Waals surface area contributed by atoms with E-state index in [9.17, 15) is 29.1 Å². The highest BCUT2D eigenvalue weighted by molar-refractivity contribution is 6.30. The molecule has 62 heavy (non-hydrogen) atoms. The van der Waals surface area contributed by atoms with E-state index in [1.54, 1.807) is 74.9 Å². The molecule has 0 saturated carbocycles. The molecule has 0 radical (unpaired) electrons. The third-order valence-electron chi connectivity index (χ3n) is 12.8. The second-order valence-corrected chi connectivity index (χ2v) is 18.1. The molecule has 2 heterocycles. The summed E-state index contributed by atoms with van der Waals surface area (Å²) in [5.74, 6) is -0.542. The van der Waals surface area contributed by atoms with E-state index in [2.05, 4.69) is 42.7 Å². The Morgan fingerprint density at radius 1 is 1.06 bits per heavy atom. The number of fused-ring (bicyclic) bond motifs is 2. The lowest BCUT2D eigenvalue weighted by molar-refractivity contribution is -0.160. The molecule has 1 aliphatic heterocycles. The molecule has 13 nitrogen and oxygen atoms in total. The largest absolute Gasteiger partial charge is 0.497 e. The fourth-order valence-corrected chi connectivity index (χ4v) is 9.33. The fourth-order valence-electron chi connectivity index (χ4n) is 9.20. The number of carbonyl (C=O) groups excluding carboxylic acids is 5. The first-order valence-electron chi connectivity index (χ1n) is 21.6. The van der Waals surface area contributed by atoms with Gasteiger partial charge in [0.15, 0.2) is 0 Å². The van der Waals surface area contributed by atoms with Crippen LogP contribution in [0.4, 0.5) is 0 Å². The number of halogens is 1. The number of cyclic esters (lactones) is 1. The summed E-state index contributed by atoms with van der Waals surface area (Å²) in [7, 11) is 1.54. The maximum absolute atomic E-state index is 13.6. The molecular weight excluding hydrogens is 814 g/mol. The number of ether oxygens (including phenoxy) is 4. The zero-order valence-corrected chi connectivity index (χ0v) is 37.3. The third-order valence-corrected chi connectivity index (χ3v) is 13.1. The molecule has 6 atom stereocenters. The molecular formula is C48H60ClN3O10. The molecule has 1 fully saturated rings. The molecule has 14 heteroatoms. The predicted molar refractivity (Wildman–Crippen MR) is 235 cm³/mol. The van der Waals surface area contributed by atoms with E-state index < -0.39 is 29.0 Å². The minimum atomic E-state index is -0.956. The van der Waals surface area contributed by atoms with E-state index in [-0.39, 0.29) is 81.3 Å². The Kier molecular flexibility index (Phi) is 15.0. The fraction of sp³-hybridized carbons (Fsp3) is 0.521. The van der Waals surface area contributed by atoms with E-state index in [1.165, 1.54) is 5.57 Å². The second kappa shape index (κ2) is 20.0. The monoisotopic (exact) mass is 873 g/mol. The van der Waals surface area contributed by atoms with Crippen LogP contribution >= 0.6 is 11.6 Å². The van der Waals surface area contributed by atoms with Gasteiger partial charge in [0.1, 0.15) is 25.2 Å². The van der Waals surface area contributed by atoms with Crippen molar-refractivity contribution in [2.24, 2.45) is 23.2 Å². The highest BCUT2D eigenvalue weighted by Crippen LogP contribution is 2.47. The van der Waals surface area contributed by atoms with Gasteiger partial charge in [0.25, 0.3) is 5.91 Å². The smallest absolute Gasteiger partial charge is 0.312 e. The Morgan fingerprint density at radius 3 is 2.55 bits per heavy atom. The first-order valence-corrected chi connectivity index (χ1v) is 22.0. The number of benzene rings is 2. The van der Waals surface area contributed by atoms with Crippen LogP contribution in [-0.4, -0.2) is 84.1 Å². The second-order valence-electron chi connectivity index (χ2n) is 17.7. The van der Waals surface area contributed by atoms with Gasteiger partial charge in [-0.3, -0.25) is 33.9 Å². The minimum Gasteiger partial charge on any atom is -0.497 e. The van der Waals surface area contributed by atoms with Crippen molar-refractivity contribution in [1.82, 2.24) is 15.2 Å². The van der Waals surface area contributed by atoms with Gasteiger partial charge in [-0.1, -0.05) is 43.7 Å². The van der Waals surface area contributed by atoms with Crippen LogP contribution in [0.1, 0.15) is 101 Å². The maximum Gasteiger partial charge on any atom is 0.312 e. The first kappa shape index (κ1) is 46.5. The van der Waals surface area contributed by atoms with E-state index in [0.717, 1.165) is 19.3 Å². The number of hydrogen-bond donors (Lipinski definition) is 3. The van der Waals surface area contributed by atoms with Crippen LogP contribution < -0.4 is 15.4 Å². The molecule has 0 bridgehead atoms. The van der Waals surface area contributed by atoms with Crippen LogP contribution in [0.5, 0.6) is 5.75 Å². The van der Waals surface area contributed by atoms with Gasteiger partial charge < -0.3 is 29.4 Å². The molecule has 1 aromatic heterocycles. The minimum absolute atomic E-state index is 0.00795. The normalized spacial score (nSPS) is 23.5. The van der Waals surface area contributed by atoms with E-state index >= 15 is 0 Å². The molecule has 3 aromatic rings. The molecule has 6 rings (SSSR count). The topological polar surface area (TPSA) is 171 Å². The number of esters is 3. The number of hydrogen-bond acceptors (Lipinski definition) is 11. The molecule has 3 aliphatic rings. The summed E-state index contributed by atoms with van der Waals surface area (Å²) in [5.41, 5.74) is 2.05. The summed E-state index contributed by atoms with van der Waals surface area (Å²) in [6, 6.07) is 11.9.